The van der Waals surface area contributed by atoms with Gasteiger partial charge in [-0.05, 0) is 55.1 Å². The Bertz CT molecular complexity index is 2030. The SMILES string of the molecule is CCC[C@H](NC(=O)C1C[C@@H](OC(=O)N2Cc3ccc4c(c3C2)OCCO4)CN1C(=O)[C@@H](NC(=O)[C@@H](NC(=O)c1cnccn1)C1CCCCC1)C(C)(C)C)C(=O)C(=O)NC1CC1. The lowest BCUT2D eigenvalue weighted by Gasteiger charge is -2.37. The lowest BCUT2D eigenvalue weighted by molar-refractivity contribution is -0.145. The van der Waals surface area contributed by atoms with E-state index in [0.29, 0.717) is 44.0 Å². The summed E-state index contributed by atoms with van der Waals surface area (Å²) in [6, 6.07) is -0.975. The first-order chi connectivity index (χ1) is 29.7. The number of aromatic nitrogens is 2. The highest BCUT2D eigenvalue weighted by molar-refractivity contribution is 6.38. The lowest BCUT2D eigenvalue weighted by Crippen LogP contribution is -2.62. The fourth-order valence-electron chi connectivity index (χ4n) is 8.72. The summed E-state index contributed by atoms with van der Waals surface area (Å²) in [6.45, 7) is 8.23. The Labute approximate surface area is 360 Å². The van der Waals surface area contributed by atoms with Gasteiger partial charge in [0.1, 0.15) is 43.1 Å². The molecule has 2 aliphatic carbocycles. The molecule has 5 atom stereocenters. The van der Waals surface area contributed by atoms with E-state index in [1.807, 2.05) is 19.1 Å². The van der Waals surface area contributed by atoms with Crippen molar-refractivity contribution >= 4 is 41.4 Å². The minimum absolute atomic E-state index is 0.0421. The molecule has 18 heteroatoms. The third kappa shape index (κ3) is 10.3. The minimum atomic E-state index is -1.24. The monoisotopic (exact) mass is 858 g/mol. The van der Waals surface area contributed by atoms with Crippen molar-refractivity contribution < 1.29 is 47.8 Å². The van der Waals surface area contributed by atoms with Crippen LogP contribution in [0.5, 0.6) is 11.5 Å². The molecule has 1 aromatic carbocycles. The van der Waals surface area contributed by atoms with Crippen molar-refractivity contribution in [3.8, 4) is 11.5 Å². The zero-order chi connectivity index (χ0) is 44.1. The van der Waals surface area contributed by atoms with E-state index in [4.69, 9.17) is 14.2 Å². The molecular formula is C44H58N8O10. The van der Waals surface area contributed by atoms with Gasteiger partial charge in [0.2, 0.25) is 23.5 Å². The number of fused-ring (bicyclic) bond motifs is 3. The third-order valence-electron chi connectivity index (χ3n) is 12.2. The van der Waals surface area contributed by atoms with Crippen LogP contribution < -0.4 is 30.7 Å². The molecule has 6 amide bonds. The highest BCUT2D eigenvalue weighted by atomic mass is 16.6. The van der Waals surface area contributed by atoms with Crippen molar-refractivity contribution in [1.82, 2.24) is 41.0 Å². The Morgan fingerprint density at radius 1 is 0.919 bits per heavy atom. The number of hydrogen-bond donors (Lipinski definition) is 4. The number of carbonyl (C=O) groups excluding carboxylic acids is 7. The summed E-state index contributed by atoms with van der Waals surface area (Å²) in [5, 5.41) is 11.2. The van der Waals surface area contributed by atoms with Gasteiger partial charge >= 0.3 is 6.09 Å². The summed E-state index contributed by atoms with van der Waals surface area (Å²) >= 11 is 0. The summed E-state index contributed by atoms with van der Waals surface area (Å²) in [5.74, 6) is -3.03. The summed E-state index contributed by atoms with van der Waals surface area (Å²) in [6.07, 6.45) is 8.76. The molecular weight excluding hydrogens is 801 g/mol. The molecule has 0 radical (unpaired) electrons. The molecule has 0 spiro atoms. The predicted molar refractivity (Wildman–Crippen MR) is 221 cm³/mol. The Balaban J connectivity index is 1.12. The number of likely N-dealkylation sites (tertiary alicyclic amines) is 1. The van der Waals surface area contributed by atoms with Gasteiger partial charge in [-0.25, -0.2) is 9.78 Å². The molecule has 2 aromatic rings. The maximum absolute atomic E-state index is 15.0. The number of amides is 6. The number of nitrogens with one attached hydrogen (secondary N) is 4. The van der Waals surface area contributed by atoms with Gasteiger partial charge in [0.05, 0.1) is 25.3 Å². The topological polar surface area (TPSA) is 228 Å². The average molecular weight is 859 g/mol. The van der Waals surface area contributed by atoms with Crippen LogP contribution in [-0.2, 0) is 41.8 Å². The fraction of sp³-hybridized carbons (Fsp3) is 0.614. The molecule has 5 aliphatic rings. The van der Waals surface area contributed by atoms with Crippen molar-refractivity contribution in [3.05, 3.63) is 47.5 Å². The highest BCUT2D eigenvalue weighted by Gasteiger charge is 2.48. The van der Waals surface area contributed by atoms with Crippen LogP contribution in [0, 0.1) is 11.3 Å². The second kappa shape index (κ2) is 19.1. The van der Waals surface area contributed by atoms with Crippen LogP contribution in [0.3, 0.4) is 0 Å². The van der Waals surface area contributed by atoms with E-state index in [2.05, 4.69) is 31.2 Å². The van der Waals surface area contributed by atoms with E-state index in [1.165, 1.54) is 28.4 Å². The molecule has 62 heavy (non-hydrogen) atoms. The number of rotatable bonds is 14. The van der Waals surface area contributed by atoms with Gasteiger partial charge in [-0.1, -0.05) is 59.4 Å². The number of nitrogens with zero attached hydrogens (tertiary/aromatic N) is 4. The second-order valence-electron chi connectivity index (χ2n) is 18.0. The average Bonchev–Trinajstić information content (AvgIpc) is 3.80. The number of benzene rings is 1. The van der Waals surface area contributed by atoms with Gasteiger partial charge in [-0.2, -0.15) is 0 Å². The van der Waals surface area contributed by atoms with Gasteiger partial charge < -0.3 is 40.4 Å². The van der Waals surface area contributed by atoms with E-state index in [9.17, 15) is 33.6 Å². The maximum atomic E-state index is 15.0. The molecule has 4 heterocycles. The zero-order valence-electron chi connectivity index (χ0n) is 35.9. The molecule has 1 unspecified atom stereocenters. The molecule has 18 nitrogen and oxygen atoms in total. The van der Waals surface area contributed by atoms with E-state index in [0.717, 1.165) is 43.2 Å². The summed E-state index contributed by atoms with van der Waals surface area (Å²) in [4.78, 5) is 108. The number of hydrogen-bond acceptors (Lipinski definition) is 12. The van der Waals surface area contributed by atoms with Crippen molar-refractivity contribution in [2.45, 2.75) is 141 Å². The normalized spacial score (nSPS) is 21.2. The first kappa shape index (κ1) is 44.3. The predicted octanol–water partition coefficient (Wildman–Crippen LogP) is 2.71. The van der Waals surface area contributed by atoms with Crippen LogP contribution >= 0.6 is 0 Å². The molecule has 7 rings (SSSR count). The quantitative estimate of drug-likeness (QED) is 0.201. The van der Waals surface area contributed by atoms with Crippen molar-refractivity contribution in [3.63, 3.8) is 0 Å². The molecule has 2 saturated carbocycles. The van der Waals surface area contributed by atoms with Crippen LogP contribution in [0.15, 0.2) is 30.7 Å². The maximum Gasteiger partial charge on any atom is 0.410 e. The van der Waals surface area contributed by atoms with E-state index in [-0.39, 0.29) is 50.1 Å². The molecule has 4 N–H and O–H groups in total. The Morgan fingerprint density at radius 2 is 1.68 bits per heavy atom. The standard InChI is InChI=1S/C44H58N8O10/c1-5-9-30(35(53)41(57)47-27-13-14-27)48-39(55)32-20-28(62-43(59)51-22-26-12-15-33-36(29(26)24-51)61-19-18-60-33)23-52(32)42(58)37(44(2,3)4)50-40(56)34(25-10-7-6-8-11-25)49-38(54)31-21-45-16-17-46-31/h12,15-17,21,25,27-28,30,32,34,37H,5-11,13-14,18-20,22-24H2,1-4H3,(H,47,57)(H,48,55)(H,49,54)(H,50,56)/t28-,30+,32?,34+,37-/m1/s1. The first-order valence-corrected chi connectivity index (χ1v) is 21.9. The van der Waals surface area contributed by atoms with E-state index < -0.39 is 77.1 Å². The van der Waals surface area contributed by atoms with Crippen LogP contribution in [0.4, 0.5) is 4.79 Å². The molecule has 0 bridgehead atoms. The molecule has 1 aromatic heterocycles. The number of ketones is 1. The molecule has 334 valence electrons. The van der Waals surface area contributed by atoms with Crippen LogP contribution in [0.2, 0.25) is 0 Å². The summed E-state index contributed by atoms with van der Waals surface area (Å²) < 4.78 is 17.6. The van der Waals surface area contributed by atoms with Gasteiger partial charge in [-0.15, -0.1) is 0 Å². The van der Waals surface area contributed by atoms with Crippen LogP contribution in [0.25, 0.3) is 0 Å². The fourth-order valence-corrected chi connectivity index (χ4v) is 8.72. The second-order valence-corrected chi connectivity index (χ2v) is 18.0. The van der Waals surface area contributed by atoms with Gasteiger partial charge in [-0.3, -0.25) is 38.7 Å². The van der Waals surface area contributed by atoms with Crippen molar-refractivity contribution in [2.75, 3.05) is 19.8 Å². The Morgan fingerprint density at radius 3 is 2.37 bits per heavy atom. The molecule has 3 aliphatic heterocycles. The van der Waals surface area contributed by atoms with Crippen LogP contribution in [0.1, 0.15) is 114 Å². The van der Waals surface area contributed by atoms with Crippen LogP contribution in [-0.4, -0.2) is 117 Å². The smallest absolute Gasteiger partial charge is 0.410 e. The zero-order valence-corrected chi connectivity index (χ0v) is 35.9. The largest absolute Gasteiger partial charge is 0.486 e. The van der Waals surface area contributed by atoms with Gasteiger partial charge in [0.25, 0.3) is 11.8 Å². The Kier molecular flexibility index (Phi) is 13.6. The van der Waals surface area contributed by atoms with E-state index in [1.54, 1.807) is 20.8 Å². The minimum Gasteiger partial charge on any atom is -0.486 e. The Hall–Kier alpha value is -5.81. The first-order valence-electron chi connectivity index (χ1n) is 21.9. The number of Topliss-reactive ketones (excluding diaryl/α,β-unsaturated/α-hetero) is 1. The molecule has 3 fully saturated rings. The lowest BCUT2D eigenvalue weighted by atomic mass is 9.82. The number of ether oxygens (including phenoxy) is 3. The van der Waals surface area contributed by atoms with Crippen molar-refractivity contribution in [1.29, 1.82) is 0 Å². The summed E-state index contributed by atoms with van der Waals surface area (Å²) in [5.41, 5.74) is 0.829. The highest BCUT2D eigenvalue weighted by Crippen LogP contribution is 2.40. The summed E-state index contributed by atoms with van der Waals surface area (Å²) in [7, 11) is 0. The van der Waals surface area contributed by atoms with E-state index >= 15 is 0 Å². The third-order valence-corrected chi connectivity index (χ3v) is 12.2. The van der Waals surface area contributed by atoms with Crippen molar-refractivity contribution in [2.24, 2.45) is 11.3 Å². The molecule has 1 saturated heterocycles. The van der Waals surface area contributed by atoms with Gasteiger partial charge in [0.15, 0.2) is 11.5 Å². The van der Waals surface area contributed by atoms with Gasteiger partial charge in [0, 0.05) is 37.0 Å². The number of carbonyl (C=O) groups is 7.